The third-order valence-electron chi connectivity index (χ3n) is 3.77. The topological polar surface area (TPSA) is 46.9 Å². The number of aromatic nitrogens is 2. The number of carbonyl (C=O) groups is 1. The average molecular weight is 434 g/mol. The van der Waals surface area contributed by atoms with Gasteiger partial charge in [0.05, 0.1) is 17.5 Å². The zero-order valence-corrected chi connectivity index (χ0v) is 16.4. The van der Waals surface area contributed by atoms with Crippen LogP contribution in [0.4, 0.5) is 4.39 Å². The van der Waals surface area contributed by atoms with Crippen molar-refractivity contribution in [2.45, 2.75) is 18.1 Å². The fourth-order valence-electron chi connectivity index (χ4n) is 2.47. The summed E-state index contributed by atoms with van der Waals surface area (Å²) in [5.41, 5.74) is 1.71. The van der Waals surface area contributed by atoms with Gasteiger partial charge in [-0.05, 0) is 42.8 Å². The Hall–Kier alpha value is -2.12. The van der Waals surface area contributed by atoms with Crippen molar-refractivity contribution in [3.63, 3.8) is 0 Å². The predicted molar refractivity (Wildman–Crippen MR) is 105 cm³/mol. The minimum atomic E-state index is -0.312. The SMILES string of the molecule is CC(NC(=O)CSc1nccn1-c1cccc(F)c1)c1ccc(Br)cc1. The van der Waals surface area contributed by atoms with Crippen LogP contribution in [0, 0.1) is 5.82 Å². The van der Waals surface area contributed by atoms with E-state index in [1.807, 2.05) is 31.2 Å². The van der Waals surface area contributed by atoms with E-state index in [1.54, 1.807) is 29.1 Å². The molecule has 1 unspecified atom stereocenters. The highest BCUT2D eigenvalue weighted by Crippen LogP contribution is 2.21. The van der Waals surface area contributed by atoms with Crippen LogP contribution in [0.15, 0.2) is 70.6 Å². The van der Waals surface area contributed by atoms with E-state index in [0.717, 1.165) is 10.0 Å². The van der Waals surface area contributed by atoms with Gasteiger partial charge >= 0.3 is 0 Å². The molecule has 0 spiro atoms. The predicted octanol–water partition coefficient (Wildman–Crippen LogP) is 4.74. The van der Waals surface area contributed by atoms with Gasteiger partial charge in [-0.25, -0.2) is 9.37 Å². The van der Waals surface area contributed by atoms with Crippen LogP contribution in [0.5, 0.6) is 0 Å². The number of hydrogen-bond acceptors (Lipinski definition) is 3. The first-order valence-corrected chi connectivity index (χ1v) is 9.78. The van der Waals surface area contributed by atoms with Crippen LogP contribution in [0.25, 0.3) is 5.69 Å². The van der Waals surface area contributed by atoms with Crippen LogP contribution in [0.2, 0.25) is 0 Å². The van der Waals surface area contributed by atoms with Crippen molar-refractivity contribution in [1.82, 2.24) is 14.9 Å². The molecule has 3 aromatic rings. The lowest BCUT2D eigenvalue weighted by Crippen LogP contribution is -2.28. The Morgan fingerprint density at radius 2 is 2.08 bits per heavy atom. The van der Waals surface area contributed by atoms with Gasteiger partial charge < -0.3 is 5.32 Å². The van der Waals surface area contributed by atoms with Gasteiger partial charge in [-0.3, -0.25) is 9.36 Å². The van der Waals surface area contributed by atoms with Gasteiger partial charge in [-0.2, -0.15) is 0 Å². The Labute approximate surface area is 164 Å². The molecule has 0 aliphatic heterocycles. The lowest BCUT2D eigenvalue weighted by molar-refractivity contribution is -0.119. The van der Waals surface area contributed by atoms with E-state index < -0.39 is 0 Å². The zero-order valence-electron chi connectivity index (χ0n) is 14.0. The summed E-state index contributed by atoms with van der Waals surface area (Å²) in [6.07, 6.45) is 3.38. The maximum atomic E-state index is 13.4. The number of amides is 1. The van der Waals surface area contributed by atoms with Crippen molar-refractivity contribution in [1.29, 1.82) is 0 Å². The Kier molecular flexibility index (Phi) is 6.11. The molecule has 7 heteroatoms. The molecule has 1 atom stereocenters. The summed E-state index contributed by atoms with van der Waals surface area (Å²) in [5, 5.41) is 3.62. The van der Waals surface area contributed by atoms with E-state index in [-0.39, 0.29) is 23.5 Å². The Bertz CT molecular complexity index is 898. The minimum Gasteiger partial charge on any atom is -0.349 e. The first-order chi connectivity index (χ1) is 12.5. The largest absolute Gasteiger partial charge is 0.349 e. The molecule has 134 valence electrons. The van der Waals surface area contributed by atoms with E-state index in [4.69, 9.17) is 0 Å². The first kappa shape index (κ1) is 18.7. The van der Waals surface area contributed by atoms with Crippen LogP contribution in [-0.2, 0) is 4.79 Å². The number of benzene rings is 2. The van der Waals surface area contributed by atoms with Gasteiger partial charge in [0.15, 0.2) is 5.16 Å². The minimum absolute atomic E-state index is 0.0841. The molecule has 0 bridgehead atoms. The van der Waals surface area contributed by atoms with E-state index in [0.29, 0.717) is 10.8 Å². The summed E-state index contributed by atoms with van der Waals surface area (Å²) in [6.45, 7) is 1.94. The average Bonchev–Trinajstić information content (AvgIpc) is 3.09. The van der Waals surface area contributed by atoms with Gasteiger partial charge in [0.2, 0.25) is 5.91 Å². The molecular formula is C19H17BrFN3OS. The lowest BCUT2D eigenvalue weighted by Gasteiger charge is -2.14. The highest BCUT2D eigenvalue weighted by atomic mass is 79.9. The molecule has 1 amide bonds. The van der Waals surface area contributed by atoms with Gasteiger partial charge in [-0.15, -0.1) is 0 Å². The summed E-state index contributed by atoms with van der Waals surface area (Å²) in [5.74, 6) is -0.167. The van der Waals surface area contributed by atoms with Gasteiger partial charge in [-0.1, -0.05) is 45.9 Å². The van der Waals surface area contributed by atoms with Gasteiger partial charge in [0.25, 0.3) is 0 Å². The van der Waals surface area contributed by atoms with Crippen LogP contribution < -0.4 is 5.32 Å². The summed E-state index contributed by atoms with van der Waals surface area (Å²) in [4.78, 5) is 16.5. The van der Waals surface area contributed by atoms with Gasteiger partial charge in [0, 0.05) is 16.9 Å². The number of imidazole rings is 1. The normalized spacial score (nSPS) is 12.0. The number of nitrogens with zero attached hydrogens (tertiary/aromatic N) is 2. The number of halogens is 2. The van der Waals surface area contributed by atoms with E-state index in [1.165, 1.54) is 23.9 Å². The molecule has 1 heterocycles. The second kappa shape index (κ2) is 8.51. The number of carbonyl (C=O) groups excluding carboxylic acids is 1. The molecule has 1 N–H and O–H groups in total. The van der Waals surface area contributed by atoms with Crippen LogP contribution >= 0.6 is 27.7 Å². The van der Waals surface area contributed by atoms with Crippen molar-refractivity contribution in [3.8, 4) is 5.69 Å². The molecule has 0 aliphatic carbocycles. The molecule has 3 rings (SSSR count). The standard InChI is InChI=1S/C19H17BrFN3OS/c1-13(14-5-7-15(20)8-6-14)23-18(25)12-26-19-22-9-10-24(19)17-4-2-3-16(21)11-17/h2-11,13H,12H2,1H3,(H,23,25). The molecule has 0 saturated heterocycles. The summed E-state index contributed by atoms with van der Waals surface area (Å²) < 4.78 is 16.2. The molecular weight excluding hydrogens is 417 g/mol. The molecule has 26 heavy (non-hydrogen) atoms. The highest BCUT2D eigenvalue weighted by molar-refractivity contribution is 9.10. The second-order valence-corrected chi connectivity index (χ2v) is 7.55. The quantitative estimate of drug-likeness (QED) is 0.570. The number of thioether (sulfide) groups is 1. The zero-order chi connectivity index (χ0) is 18.5. The van der Waals surface area contributed by atoms with Crippen LogP contribution in [-0.4, -0.2) is 21.2 Å². The van der Waals surface area contributed by atoms with Crippen molar-refractivity contribution in [2.24, 2.45) is 0 Å². The van der Waals surface area contributed by atoms with Crippen molar-refractivity contribution in [3.05, 3.63) is 76.8 Å². The van der Waals surface area contributed by atoms with Crippen molar-refractivity contribution < 1.29 is 9.18 Å². The lowest BCUT2D eigenvalue weighted by atomic mass is 10.1. The maximum absolute atomic E-state index is 13.4. The maximum Gasteiger partial charge on any atom is 0.230 e. The second-order valence-electron chi connectivity index (χ2n) is 5.69. The summed E-state index contributed by atoms with van der Waals surface area (Å²) in [7, 11) is 0. The Morgan fingerprint density at radius 3 is 2.81 bits per heavy atom. The molecule has 4 nitrogen and oxygen atoms in total. The molecule has 0 fully saturated rings. The summed E-state index contributed by atoms with van der Waals surface area (Å²) >= 11 is 4.71. The third-order valence-corrected chi connectivity index (χ3v) is 5.27. The number of nitrogens with one attached hydrogen (secondary N) is 1. The Balaban J connectivity index is 1.60. The smallest absolute Gasteiger partial charge is 0.230 e. The fourth-order valence-corrected chi connectivity index (χ4v) is 3.52. The van der Waals surface area contributed by atoms with E-state index in [2.05, 4.69) is 26.2 Å². The summed E-state index contributed by atoms with van der Waals surface area (Å²) in [6, 6.07) is 14.0. The van der Waals surface area contributed by atoms with Crippen molar-refractivity contribution >= 4 is 33.6 Å². The first-order valence-electron chi connectivity index (χ1n) is 8.00. The molecule has 2 aromatic carbocycles. The Morgan fingerprint density at radius 1 is 1.31 bits per heavy atom. The van der Waals surface area contributed by atoms with E-state index in [9.17, 15) is 9.18 Å². The molecule has 0 aliphatic rings. The number of rotatable bonds is 6. The third kappa shape index (κ3) is 4.74. The van der Waals surface area contributed by atoms with Gasteiger partial charge in [0.1, 0.15) is 5.82 Å². The van der Waals surface area contributed by atoms with Crippen molar-refractivity contribution in [2.75, 3.05) is 5.75 Å². The van der Waals surface area contributed by atoms with Crippen LogP contribution in [0.3, 0.4) is 0 Å². The fraction of sp³-hybridized carbons (Fsp3) is 0.158. The number of hydrogen-bond donors (Lipinski definition) is 1. The molecule has 0 saturated carbocycles. The highest BCUT2D eigenvalue weighted by Gasteiger charge is 2.12. The van der Waals surface area contributed by atoms with E-state index >= 15 is 0 Å². The molecule has 0 radical (unpaired) electrons. The monoisotopic (exact) mass is 433 g/mol. The van der Waals surface area contributed by atoms with Crippen LogP contribution in [0.1, 0.15) is 18.5 Å². The molecule has 1 aromatic heterocycles.